The van der Waals surface area contributed by atoms with E-state index >= 15 is 0 Å². The lowest BCUT2D eigenvalue weighted by molar-refractivity contribution is 0.607. The van der Waals surface area contributed by atoms with Gasteiger partial charge in [-0.1, -0.05) is 36.8 Å². The third-order valence-electron chi connectivity index (χ3n) is 2.35. The summed E-state index contributed by atoms with van der Waals surface area (Å²) in [6.45, 7) is 5.42. The molecule has 1 heterocycles. The van der Waals surface area contributed by atoms with Crippen molar-refractivity contribution in [1.29, 1.82) is 0 Å². The Morgan fingerprint density at radius 2 is 2.25 bits per heavy atom. The van der Waals surface area contributed by atoms with Crippen LogP contribution in [0, 0.1) is 5.92 Å². The van der Waals surface area contributed by atoms with Crippen LogP contribution < -0.4 is 5.32 Å². The number of hydrogen-bond acceptors (Lipinski definition) is 3. The molecule has 0 bridgehead atoms. The monoisotopic (exact) mass is 254 g/mol. The van der Waals surface area contributed by atoms with E-state index in [2.05, 4.69) is 24.1 Å². The average Bonchev–Trinajstić information content (AvgIpc) is 2.58. The summed E-state index contributed by atoms with van der Waals surface area (Å²) < 4.78 is 1.18. The molecular weight excluding hydrogens is 240 g/mol. The van der Waals surface area contributed by atoms with Crippen molar-refractivity contribution < 1.29 is 0 Å². The number of rotatable bonds is 4. The maximum absolute atomic E-state index is 5.92. The number of anilines is 1. The third-order valence-corrected chi connectivity index (χ3v) is 3.58. The standard InChI is InChI=1S/C12H15ClN2S/c1-8(2)5-6-14-12-15-10-7-9(13)3-4-11(10)16-12/h3-4,7-8H,5-6H2,1-2H3,(H,14,15). The fraction of sp³-hybridized carbons (Fsp3) is 0.417. The van der Waals surface area contributed by atoms with Crippen LogP contribution >= 0.6 is 22.9 Å². The molecule has 1 aromatic carbocycles. The maximum Gasteiger partial charge on any atom is 0.183 e. The summed E-state index contributed by atoms with van der Waals surface area (Å²) in [4.78, 5) is 4.49. The fourth-order valence-corrected chi connectivity index (χ4v) is 2.48. The van der Waals surface area contributed by atoms with Gasteiger partial charge in [-0.05, 0) is 30.5 Å². The molecule has 0 aliphatic carbocycles. The van der Waals surface area contributed by atoms with Crippen LogP contribution in [0.1, 0.15) is 20.3 Å². The zero-order chi connectivity index (χ0) is 11.5. The number of nitrogens with one attached hydrogen (secondary N) is 1. The molecule has 0 radical (unpaired) electrons. The van der Waals surface area contributed by atoms with Gasteiger partial charge in [0.2, 0.25) is 0 Å². The number of thiazole rings is 1. The molecule has 1 N–H and O–H groups in total. The zero-order valence-electron chi connectivity index (χ0n) is 9.46. The van der Waals surface area contributed by atoms with Crippen LogP contribution in [0.3, 0.4) is 0 Å². The molecule has 16 heavy (non-hydrogen) atoms. The number of hydrogen-bond donors (Lipinski definition) is 1. The van der Waals surface area contributed by atoms with Crippen molar-refractivity contribution in [3.8, 4) is 0 Å². The van der Waals surface area contributed by atoms with Gasteiger partial charge in [0.1, 0.15) is 0 Å². The Labute approximate surface area is 105 Å². The minimum atomic E-state index is 0.719. The Kier molecular flexibility index (Phi) is 3.66. The van der Waals surface area contributed by atoms with Crippen molar-refractivity contribution in [2.24, 2.45) is 5.92 Å². The van der Waals surface area contributed by atoms with E-state index in [1.165, 1.54) is 4.70 Å². The SMILES string of the molecule is CC(C)CCNc1nc2cc(Cl)ccc2s1. The topological polar surface area (TPSA) is 24.9 Å². The van der Waals surface area contributed by atoms with Gasteiger partial charge in [0.05, 0.1) is 10.2 Å². The van der Waals surface area contributed by atoms with E-state index in [4.69, 9.17) is 11.6 Å². The van der Waals surface area contributed by atoms with Gasteiger partial charge in [-0.3, -0.25) is 0 Å². The molecule has 4 heteroatoms. The van der Waals surface area contributed by atoms with Gasteiger partial charge >= 0.3 is 0 Å². The summed E-state index contributed by atoms with van der Waals surface area (Å²) in [5, 5.41) is 5.08. The van der Waals surface area contributed by atoms with E-state index in [0.717, 1.165) is 34.6 Å². The molecule has 2 nitrogen and oxygen atoms in total. The molecule has 0 spiro atoms. The first-order chi connectivity index (χ1) is 7.65. The Morgan fingerprint density at radius 1 is 1.44 bits per heavy atom. The van der Waals surface area contributed by atoms with E-state index in [1.54, 1.807) is 11.3 Å². The van der Waals surface area contributed by atoms with Gasteiger partial charge in [-0.15, -0.1) is 0 Å². The second-order valence-corrected chi connectivity index (χ2v) is 5.71. The molecule has 0 saturated carbocycles. The summed E-state index contributed by atoms with van der Waals surface area (Å²) in [6, 6.07) is 5.82. The van der Waals surface area contributed by atoms with E-state index in [0.29, 0.717) is 0 Å². The summed E-state index contributed by atoms with van der Waals surface area (Å²) >= 11 is 7.59. The first-order valence-corrected chi connectivity index (χ1v) is 6.64. The van der Waals surface area contributed by atoms with Crippen LogP contribution in [-0.4, -0.2) is 11.5 Å². The van der Waals surface area contributed by atoms with E-state index in [9.17, 15) is 0 Å². The highest BCUT2D eigenvalue weighted by molar-refractivity contribution is 7.22. The van der Waals surface area contributed by atoms with Crippen molar-refractivity contribution in [2.75, 3.05) is 11.9 Å². The highest BCUT2D eigenvalue weighted by Gasteiger charge is 2.03. The number of fused-ring (bicyclic) bond motifs is 1. The molecule has 1 aromatic heterocycles. The Morgan fingerprint density at radius 3 is 3.00 bits per heavy atom. The highest BCUT2D eigenvalue weighted by Crippen LogP contribution is 2.27. The zero-order valence-corrected chi connectivity index (χ0v) is 11.0. The van der Waals surface area contributed by atoms with Gasteiger partial charge in [-0.25, -0.2) is 4.98 Å². The smallest absolute Gasteiger partial charge is 0.183 e. The Bertz CT molecular complexity index is 479. The fourth-order valence-electron chi connectivity index (χ4n) is 1.44. The largest absolute Gasteiger partial charge is 0.361 e. The predicted molar refractivity (Wildman–Crippen MR) is 72.6 cm³/mol. The minimum absolute atomic E-state index is 0.719. The Hall–Kier alpha value is -0.800. The number of benzene rings is 1. The molecule has 0 fully saturated rings. The lowest BCUT2D eigenvalue weighted by atomic mass is 10.1. The number of aromatic nitrogens is 1. The van der Waals surface area contributed by atoms with E-state index in [1.807, 2.05) is 18.2 Å². The van der Waals surface area contributed by atoms with Crippen LogP contribution in [0.5, 0.6) is 0 Å². The molecule has 0 atom stereocenters. The van der Waals surface area contributed by atoms with Crippen molar-refractivity contribution in [2.45, 2.75) is 20.3 Å². The summed E-state index contributed by atoms with van der Waals surface area (Å²) in [5.41, 5.74) is 0.976. The van der Waals surface area contributed by atoms with E-state index in [-0.39, 0.29) is 0 Å². The molecule has 0 amide bonds. The first kappa shape index (κ1) is 11.7. The van der Waals surface area contributed by atoms with Gasteiger partial charge in [-0.2, -0.15) is 0 Å². The van der Waals surface area contributed by atoms with Crippen LogP contribution in [0.25, 0.3) is 10.2 Å². The molecule has 2 aromatic rings. The maximum atomic E-state index is 5.92. The molecule has 0 saturated heterocycles. The van der Waals surface area contributed by atoms with Crippen LogP contribution in [0.2, 0.25) is 5.02 Å². The van der Waals surface area contributed by atoms with Gasteiger partial charge in [0.15, 0.2) is 5.13 Å². The van der Waals surface area contributed by atoms with Crippen molar-refractivity contribution in [1.82, 2.24) is 4.98 Å². The van der Waals surface area contributed by atoms with Crippen LogP contribution in [0.4, 0.5) is 5.13 Å². The second kappa shape index (κ2) is 5.02. The molecule has 86 valence electrons. The average molecular weight is 255 g/mol. The lowest BCUT2D eigenvalue weighted by Gasteiger charge is -2.04. The molecule has 0 aliphatic rings. The molecule has 0 unspecified atom stereocenters. The van der Waals surface area contributed by atoms with Crippen LogP contribution in [-0.2, 0) is 0 Å². The molecule has 0 aliphatic heterocycles. The summed E-state index contributed by atoms with van der Waals surface area (Å²) in [7, 11) is 0. The number of halogens is 1. The van der Waals surface area contributed by atoms with Crippen molar-refractivity contribution >= 4 is 38.3 Å². The lowest BCUT2D eigenvalue weighted by Crippen LogP contribution is -2.03. The van der Waals surface area contributed by atoms with Gasteiger partial charge in [0, 0.05) is 11.6 Å². The summed E-state index contributed by atoms with van der Waals surface area (Å²) in [6.07, 6.45) is 1.16. The summed E-state index contributed by atoms with van der Waals surface area (Å²) in [5.74, 6) is 0.719. The third kappa shape index (κ3) is 2.86. The van der Waals surface area contributed by atoms with Gasteiger partial charge in [0.25, 0.3) is 0 Å². The Balaban J connectivity index is 2.08. The van der Waals surface area contributed by atoms with Crippen LogP contribution in [0.15, 0.2) is 18.2 Å². The van der Waals surface area contributed by atoms with E-state index < -0.39 is 0 Å². The first-order valence-electron chi connectivity index (χ1n) is 5.45. The second-order valence-electron chi connectivity index (χ2n) is 4.24. The minimum Gasteiger partial charge on any atom is -0.361 e. The predicted octanol–water partition coefficient (Wildman–Crippen LogP) is 4.41. The highest BCUT2D eigenvalue weighted by atomic mass is 35.5. The number of nitrogens with zero attached hydrogens (tertiary/aromatic N) is 1. The van der Waals surface area contributed by atoms with Gasteiger partial charge < -0.3 is 5.32 Å². The quantitative estimate of drug-likeness (QED) is 0.874. The van der Waals surface area contributed by atoms with Crippen molar-refractivity contribution in [3.05, 3.63) is 23.2 Å². The molecular formula is C12H15ClN2S. The normalized spacial score (nSPS) is 11.2. The molecule has 2 rings (SSSR count). The van der Waals surface area contributed by atoms with Crippen molar-refractivity contribution in [3.63, 3.8) is 0 Å².